The lowest BCUT2D eigenvalue weighted by atomic mass is 10.0. The second-order valence-corrected chi connectivity index (χ2v) is 5.86. The molecule has 24 heavy (non-hydrogen) atoms. The van der Waals surface area contributed by atoms with Crippen molar-refractivity contribution in [1.29, 1.82) is 0 Å². The van der Waals surface area contributed by atoms with Gasteiger partial charge in [-0.2, -0.15) is 0 Å². The molecule has 1 aliphatic heterocycles. The maximum absolute atomic E-state index is 12.3. The van der Waals surface area contributed by atoms with Gasteiger partial charge in [-0.15, -0.1) is 0 Å². The predicted molar refractivity (Wildman–Crippen MR) is 81.8 cm³/mol. The van der Waals surface area contributed by atoms with Gasteiger partial charge in [0, 0.05) is 19.9 Å². The summed E-state index contributed by atoms with van der Waals surface area (Å²) in [6.07, 6.45) is -0.910. The quantitative estimate of drug-likeness (QED) is 0.511. The normalized spacial score (nSPS) is 22.6. The van der Waals surface area contributed by atoms with E-state index < -0.39 is 42.0 Å². The third-order valence-electron chi connectivity index (χ3n) is 3.88. The average Bonchev–Trinajstić information content (AvgIpc) is 2.88. The van der Waals surface area contributed by atoms with E-state index in [0.29, 0.717) is 0 Å². The van der Waals surface area contributed by atoms with Crippen LogP contribution in [-0.2, 0) is 23.9 Å². The van der Waals surface area contributed by atoms with E-state index in [1.165, 1.54) is 18.7 Å². The van der Waals surface area contributed by atoms with Crippen LogP contribution in [0.1, 0.15) is 33.6 Å². The molecule has 0 saturated carbocycles. The zero-order valence-electron chi connectivity index (χ0n) is 14.0. The molecule has 4 atom stereocenters. The Morgan fingerprint density at radius 1 is 1.33 bits per heavy atom. The van der Waals surface area contributed by atoms with Crippen molar-refractivity contribution < 1.29 is 34.1 Å². The average molecular weight is 344 g/mol. The first-order chi connectivity index (χ1) is 11.2. The third-order valence-corrected chi connectivity index (χ3v) is 3.88. The lowest BCUT2D eigenvalue weighted by Crippen LogP contribution is -2.51. The number of esters is 1. The highest BCUT2D eigenvalue weighted by Crippen LogP contribution is 2.19. The molecule has 1 fully saturated rings. The summed E-state index contributed by atoms with van der Waals surface area (Å²) >= 11 is 0. The summed E-state index contributed by atoms with van der Waals surface area (Å²) in [4.78, 5) is 48.0. The van der Waals surface area contributed by atoms with Gasteiger partial charge >= 0.3 is 11.9 Å². The molecule has 0 radical (unpaired) electrons. The Bertz CT molecular complexity index is 508. The van der Waals surface area contributed by atoms with Gasteiger partial charge in [-0.3, -0.25) is 14.4 Å². The summed E-state index contributed by atoms with van der Waals surface area (Å²) in [6.45, 7) is 4.64. The second-order valence-electron chi connectivity index (χ2n) is 5.86. The molecule has 0 spiro atoms. The standard InChI is InChI=1S/C15H24N2O7/c1-4-24-15(23)8(2)5-11(14(21)22)16-13(20)12-6-10(19)7-17(12)9(3)18/h8,10-12,19H,4-7H2,1-3H3,(H,16,20)(H,21,22)/t8-,10-,11-,12+/m1/s1. The molecule has 0 unspecified atom stereocenters. The number of nitrogens with zero attached hydrogens (tertiary/aromatic N) is 1. The number of carboxylic acid groups (broad SMARTS) is 1. The van der Waals surface area contributed by atoms with Gasteiger partial charge < -0.3 is 25.2 Å². The Morgan fingerprint density at radius 2 is 1.96 bits per heavy atom. The lowest BCUT2D eigenvalue weighted by Gasteiger charge is -2.24. The highest BCUT2D eigenvalue weighted by atomic mass is 16.5. The van der Waals surface area contributed by atoms with Crippen LogP contribution in [0.3, 0.4) is 0 Å². The van der Waals surface area contributed by atoms with Crippen LogP contribution >= 0.6 is 0 Å². The summed E-state index contributed by atoms with van der Waals surface area (Å²) < 4.78 is 4.82. The Balaban J connectivity index is 2.74. The molecular weight excluding hydrogens is 320 g/mol. The molecule has 1 saturated heterocycles. The molecular formula is C15H24N2O7. The number of aliphatic hydroxyl groups excluding tert-OH is 1. The number of hydrogen-bond donors (Lipinski definition) is 3. The Morgan fingerprint density at radius 3 is 2.46 bits per heavy atom. The number of carboxylic acids is 1. The number of carbonyl (C=O) groups excluding carboxylic acids is 3. The second kappa shape index (κ2) is 8.62. The number of carbonyl (C=O) groups is 4. The minimum Gasteiger partial charge on any atom is -0.480 e. The van der Waals surface area contributed by atoms with Gasteiger partial charge in [-0.05, 0) is 13.3 Å². The number of aliphatic carboxylic acids is 1. The van der Waals surface area contributed by atoms with Crippen molar-refractivity contribution in [3.8, 4) is 0 Å². The van der Waals surface area contributed by atoms with Gasteiger partial charge in [0.2, 0.25) is 11.8 Å². The first kappa shape index (κ1) is 19.9. The molecule has 0 aromatic carbocycles. The van der Waals surface area contributed by atoms with Crippen LogP contribution in [0.25, 0.3) is 0 Å². The number of β-amino-alcohol motifs (C(OH)–C–C–N with tert-alkyl or cyclic N) is 1. The molecule has 9 nitrogen and oxygen atoms in total. The first-order valence-corrected chi connectivity index (χ1v) is 7.82. The zero-order chi connectivity index (χ0) is 18.4. The van der Waals surface area contributed by atoms with Crippen molar-refractivity contribution in [3.63, 3.8) is 0 Å². The van der Waals surface area contributed by atoms with Crippen LogP contribution in [-0.4, -0.2) is 70.2 Å². The molecule has 9 heteroatoms. The lowest BCUT2D eigenvalue weighted by molar-refractivity contribution is -0.149. The molecule has 0 aromatic heterocycles. The van der Waals surface area contributed by atoms with Crippen LogP contribution in [0.2, 0.25) is 0 Å². The van der Waals surface area contributed by atoms with Crippen LogP contribution in [0.4, 0.5) is 0 Å². The van der Waals surface area contributed by atoms with Gasteiger partial charge in [0.05, 0.1) is 18.6 Å². The summed E-state index contributed by atoms with van der Waals surface area (Å²) in [6, 6.07) is -2.21. The number of likely N-dealkylation sites (tertiary alicyclic amines) is 1. The number of nitrogens with one attached hydrogen (secondary N) is 1. The minimum absolute atomic E-state index is 0.0321. The van der Waals surface area contributed by atoms with Crippen molar-refractivity contribution >= 4 is 23.8 Å². The van der Waals surface area contributed by atoms with Gasteiger partial charge in [0.1, 0.15) is 12.1 Å². The van der Waals surface area contributed by atoms with Crippen LogP contribution in [0.15, 0.2) is 0 Å². The van der Waals surface area contributed by atoms with Crippen LogP contribution in [0, 0.1) is 5.92 Å². The molecule has 1 aliphatic rings. The number of amides is 2. The molecule has 3 N–H and O–H groups in total. The Kier molecular flexibility index (Phi) is 7.15. The zero-order valence-corrected chi connectivity index (χ0v) is 14.0. The van der Waals surface area contributed by atoms with Crippen molar-refractivity contribution in [1.82, 2.24) is 10.2 Å². The monoisotopic (exact) mass is 344 g/mol. The van der Waals surface area contributed by atoms with Gasteiger partial charge in [-0.1, -0.05) is 6.92 Å². The van der Waals surface area contributed by atoms with Crippen LogP contribution in [0.5, 0.6) is 0 Å². The summed E-state index contributed by atoms with van der Waals surface area (Å²) in [7, 11) is 0. The van der Waals surface area contributed by atoms with Gasteiger partial charge in [-0.25, -0.2) is 4.79 Å². The molecule has 0 aromatic rings. The molecule has 0 bridgehead atoms. The van der Waals surface area contributed by atoms with E-state index in [1.54, 1.807) is 6.92 Å². The fourth-order valence-electron chi connectivity index (χ4n) is 2.63. The van der Waals surface area contributed by atoms with E-state index in [2.05, 4.69) is 5.32 Å². The van der Waals surface area contributed by atoms with E-state index >= 15 is 0 Å². The maximum Gasteiger partial charge on any atom is 0.326 e. The smallest absolute Gasteiger partial charge is 0.326 e. The largest absolute Gasteiger partial charge is 0.480 e. The molecule has 0 aliphatic carbocycles. The van der Waals surface area contributed by atoms with E-state index in [-0.39, 0.29) is 31.9 Å². The molecule has 1 heterocycles. The maximum atomic E-state index is 12.3. The van der Waals surface area contributed by atoms with E-state index in [4.69, 9.17) is 4.74 Å². The number of aliphatic hydroxyl groups is 1. The topological polar surface area (TPSA) is 133 Å². The fourth-order valence-corrected chi connectivity index (χ4v) is 2.63. The van der Waals surface area contributed by atoms with Crippen molar-refractivity contribution in [2.45, 2.75) is 51.8 Å². The van der Waals surface area contributed by atoms with E-state index in [1.807, 2.05) is 0 Å². The number of hydrogen-bond acceptors (Lipinski definition) is 6. The minimum atomic E-state index is -1.29. The fraction of sp³-hybridized carbons (Fsp3) is 0.733. The van der Waals surface area contributed by atoms with Crippen molar-refractivity contribution in [3.05, 3.63) is 0 Å². The Hall–Kier alpha value is -2.16. The highest BCUT2D eigenvalue weighted by molar-refractivity contribution is 5.90. The summed E-state index contributed by atoms with van der Waals surface area (Å²) in [5, 5.41) is 21.2. The SMILES string of the molecule is CCOC(=O)[C@H](C)C[C@@H](NC(=O)[C@@H]1C[C@@H](O)CN1C(C)=O)C(=O)O. The summed E-state index contributed by atoms with van der Waals surface area (Å²) in [5.41, 5.74) is 0. The molecule has 136 valence electrons. The van der Waals surface area contributed by atoms with Gasteiger partial charge in [0.15, 0.2) is 0 Å². The Labute approximate surface area is 140 Å². The first-order valence-electron chi connectivity index (χ1n) is 7.82. The number of rotatable bonds is 7. The van der Waals surface area contributed by atoms with E-state index in [0.717, 1.165) is 0 Å². The predicted octanol–water partition coefficient (Wildman–Crippen LogP) is -0.873. The van der Waals surface area contributed by atoms with E-state index in [9.17, 15) is 29.4 Å². The van der Waals surface area contributed by atoms with Gasteiger partial charge in [0.25, 0.3) is 0 Å². The summed E-state index contributed by atoms with van der Waals surface area (Å²) in [5.74, 6) is -3.57. The molecule has 2 amide bonds. The van der Waals surface area contributed by atoms with Crippen molar-refractivity contribution in [2.24, 2.45) is 5.92 Å². The highest BCUT2D eigenvalue weighted by Gasteiger charge is 2.39. The molecule has 1 rings (SSSR count). The van der Waals surface area contributed by atoms with Crippen molar-refractivity contribution in [2.75, 3.05) is 13.2 Å². The number of ether oxygens (including phenoxy) is 1. The third kappa shape index (κ3) is 5.19. The van der Waals surface area contributed by atoms with Crippen LogP contribution < -0.4 is 5.32 Å².